The third kappa shape index (κ3) is 4.42. The van der Waals surface area contributed by atoms with Gasteiger partial charge in [-0.2, -0.15) is 11.8 Å². The normalized spacial score (nSPS) is 13.1. The van der Waals surface area contributed by atoms with Crippen LogP contribution in [0.3, 0.4) is 0 Å². The molecule has 0 bridgehead atoms. The SMILES string of the molecule is CCC(C)SCc1nc(Cl)c(Br)c(C(C)C)n1. The number of nitrogens with zero attached hydrogens (tertiary/aromatic N) is 2. The van der Waals surface area contributed by atoms with Crippen molar-refractivity contribution in [1.29, 1.82) is 0 Å². The van der Waals surface area contributed by atoms with Gasteiger partial charge in [-0.3, -0.25) is 0 Å². The number of aromatic nitrogens is 2. The Morgan fingerprint density at radius 2 is 1.94 bits per heavy atom. The molecule has 96 valence electrons. The molecule has 2 nitrogen and oxygen atoms in total. The van der Waals surface area contributed by atoms with Crippen molar-refractivity contribution >= 4 is 39.3 Å². The first-order chi connectivity index (χ1) is 7.95. The number of hydrogen-bond donors (Lipinski definition) is 0. The van der Waals surface area contributed by atoms with E-state index in [0.717, 1.165) is 28.2 Å². The summed E-state index contributed by atoms with van der Waals surface area (Å²) in [7, 11) is 0. The van der Waals surface area contributed by atoms with E-state index < -0.39 is 0 Å². The van der Waals surface area contributed by atoms with Crippen molar-refractivity contribution in [3.63, 3.8) is 0 Å². The third-order valence-electron chi connectivity index (χ3n) is 2.50. The molecule has 0 spiro atoms. The molecule has 0 saturated heterocycles. The minimum absolute atomic E-state index is 0.345. The first-order valence-electron chi connectivity index (χ1n) is 5.79. The topological polar surface area (TPSA) is 25.8 Å². The van der Waals surface area contributed by atoms with Crippen LogP contribution in [-0.2, 0) is 5.75 Å². The molecule has 1 atom stereocenters. The molecule has 1 rings (SSSR count). The van der Waals surface area contributed by atoms with E-state index >= 15 is 0 Å². The number of hydrogen-bond acceptors (Lipinski definition) is 3. The second kappa shape index (κ2) is 6.95. The molecule has 0 aliphatic carbocycles. The summed E-state index contributed by atoms with van der Waals surface area (Å²) in [5.41, 5.74) is 0.991. The molecule has 5 heteroatoms. The van der Waals surface area contributed by atoms with Gasteiger partial charge in [0.05, 0.1) is 15.9 Å². The van der Waals surface area contributed by atoms with Crippen molar-refractivity contribution in [1.82, 2.24) is 9.97 Å². The maximum Gasteiger partial charge on any atom is 0.147 e. The third-order valence-corrected chi connectivity index (χ3v) is 5.11. The van der Waals surface area contributed by atoms with Gasteiger partial charge in [0.2, 0.25) is 0 Å². The zero-order chi connectivity index (χ0) is 13.0. The van der Waals surface area contributed by atoms with Gasteiger partial charge >= 0.3 is 0 Å². The Morgan fingerprint density at radius 1 is 1.29 bits per heavy atom. The fourth-order valence-corrected chi connectivity index (χ4v) is 2.89. The monoisotopic (exact) mass is 336 g/mol. The summed E-state index contributed by atoms with van der Waals surface area (Å²) in [6.07, 6.45) is 1.16. The number of halogens is 2. The van der Waals surface area contributed by atoms with Crippen molar-refractivity contribution in [2.24, 2.45) is 0 Å². The Balaban J connectivity index is 2.87. The second-order valence-corrected chi connectivity index (χ2v) is 6.89. The summed E-state index contributed by atoms with van der Waals surface area (Å²) in [5.74, 6) is 1.99. The lowest BCUT2D eigenvalue weighted by atomic mass is 10.1. The van der Waals surface area contributed by atoms with Crippen LogP contribution in [0.15, 0.2) is 4.47 Å². The highest BCUT2D eigenvalue weighted by Gasteiger charge is 2.14. The minimum Gasteiger partial charge on any atom is -0.235 e. The lowest BCUT2D eigenvalue weighted by Crippen LogP contribution is -2.04. The van der Waals surface area contributed by atoms with Crippen molar-refractivity contribution in [3.8, 4) is 0 Å². The summed E-state index contributed by atoms with van der Waals surface area (Å²) in [6, 6.07) is 0. The van der Waals surface area contributed by atoms with Crippen molar-refractivity contribution in [2.45, 2.75) is 51.0 Å². The fraction of sp³-hybridized carbons (Fsp3) is 0.667. The highest BCUT2D eigenvalue weighted by molar-refractivity contribution is 9.10. The molecule has 0 saturated carbocycles. The molecule has 0 fully saturated rings. The van der Waals surface area contributed by atoms with Crippen molar-refractivity contribution in [2.75, 3.05) is 0 Å². The molecule has 1 aromatic heterocycles. The van der Waals surface area contributed by atoms with Crippen LogP contribution in [0.2, 0.25) is 5.15 Å². The molecular weight excluding hydrogens is 320 g/mol. The zero-order valence-electron chi connectivity index (χ0n) is 10.6. The lowest BCUT2D eigenvalue weighted by Gasteiger charge is -2.12. The first kappa shape index (κ1) is 15.3. The van der Waals surface area contributed by atoms with Crippen molar-refractivity contribution in [3.05, 3.63) is 21.1 Å². The van der Waals surface area contributed by atoms with Crippen molar-refractivity contribution < 1.29 is 0 Å². The summed E-state index contributed by atoms with van der Waals surface area (Å²) >= 11 is 11.4. The van der Waals surface area contributed by atoms with Gasteiger partial charge in [0.25, 0.3) is 0 Å². The second-order valence-electron chi connectivity index (χ2n) is 4.31. The Hall–Kier alpha value is 0.200. The van der Waals surface area contributed by atoms with Crippen LogP contribution in [0.5, 0.6) is 0 Å². The molecule has 1 unspecified atom stereocenters. The molecule has 1 aromatic rings. The van der Waals surface area contributed by atoms with E-state index in [4.69, 9.17) is 11.6 Å². The van der Waals surface area contributed by atoms with E-state index in [0.29, 0.717) is 16.3 Å². The standard InChI is InChI=1S/C12H18BrClN2S/c1-5-8(4)17-6-9-15-11(7(2)3)10(13)12(14)16-9/h7-8H,5-6H2,1-4H3. The van der Waals surface area contributed by atoms with E-state index in [1.165, 1.54) is 0 Å². The molecule has 0 N–H and O–H groups in total. The van der Waals surface area contributed by atoms with Gasteiger partial charge in [-0.1, -0.05) is 39.3 Å². The first-order valence-corrected chi connectivity index (χ1v) is 8.01. The molecule has 0 aliphatic rings. The van der Waals surface area contributed by atoms with E-state index in [1.54, 1.807) is 0 Å². The van der Waals surface area contributed by atoms with Gasteiger partial charge in [-0.15, -0.1) is 0 Å². The largest absolute Gasteiger partial charge is 0.235 e. The Kier molecular flexibility index (Phi) is 6.24. The van der Waals surface area contributed by atoms with Gasteiger partial charge in [-0.25, -0.2) is 9.97 Å². The van der Waals surface area contributed by atoms with E-state index in [1.807, 2.05) is 11.8 Å². The van der Waals surface area contributed by atoms with Crippen LogP contribution in [0.25, 0.3) is 0 Å². The van der Waals surface area contributed by atoms with Gasteiger partial charge in [0.15, 0.2) is 0 Å². The predicted octanol–water partition coefficient (Wildman–Crippen LogP) is 5.05. The lowest BCUT2D eigenvalue weighted by molar-refractivity contribution is 0.790. The highest BCUT2D eigenvalue weighted by atomic mass is 79.9. The highest BCUT2D eigenvalue weighted by Crippen LogP contribution is 2.29. The maximum absolute atomic E-state index is 6.11. The van der Waals surface area contributed by atoms with Gasteiger partial charge in [0, 0.05) is 5.25 Å². The smallest absolute Gasteiger partial charge is 0.147 e. The summed E-state index contributed by atoms with van der Waals surface area (Å²) < 4.78 is 0.825. The van der Waals surface area contributed by atoms with Crippen LogP contribution in [0, 0.1) is 0 Å². The quantitative estimate of drug-likeness (QED) is 0.703. The van der Waals surface area contributed by atoms with Gasteiger partial charge in [0.1, 0.15) is 11.0 Å². The predicted molar refractivity (Wildman–Crippen MR) is 79.9 cm³/mol. The Labute approximate surface area is 121 Å². The summed E-state index contributed by atoms with van der Waals surface area (Å²) in [4.78, 5) is 8.88. The minimum atomic E-state index is 0.345. The van der Waals surface area contributed by atoms with Crippen LogP contribution in [0.1, 0.15) is 51.6 Å². The Morgan fingerprint density at radius 3 is 2.47 bits per heavy atom. The zero-order valence-corrected chi connectivity index (χ0v) is 13.8. The summed E-state index contributed by atoms with van der Waals surface area (Å²) in [6.45, 7) is 8.62. The van der Waals surface area contributed by atoms with Crippen LogP contribution >= 0.6 is 39.3 Å². The Bertz CT molecular complexity index is 385. The number of rotatable bonds is 5. The van der Waals surface area contributed by atoms with Crippen LogP contribution in [0.4, 0.5) is 0 Å². The number of thioether (sulfide) groups is 1. The molecule has 0 aromatic carbocycles. The fourth-order valence-electron chi connectivity index (χ4n) is 1.26. The van der Waals surface area contributed by atoms with Gasteiger partial charge in [-0.05, 0) is 28.3 Å². The summed E-state index contributed by atoms with van der Waals surface area (Å²) in [5, 5.41) is 1.15. The average Bonchev–Trinajstić information content (AvgIpc) is 2.29. The van der Waals surface area contributed by atoms with E-state index in [9.17, 15) is 0 Å². The molecular formula is C12H18BrClN2S. The van der Waals surface area contributed by atoms with Crippen LogP contribution in [-0.4, -0.2) is 15.2 Å². The molecule has 0 aliphatic heterocycles. The maximum atomic E-state index is 6.11. The molecule has 17 heavy (non-hydrogen) atoms. The molecule has 0 radical (unpaired) electrons. The molecule has 0 amide bonds. The van der Waals surface area contributed by atoms with Crippen LogP contribution < -0.4 is 0 Å². The van der Waals surface area contributed by atoms with E-state index in [-0.39, 0.29) is 0 Å². The van der Waals surface area contributed by atoms with Gasteiger partial charge < -0.3 is 0 Å². The molecule has 1 heterocycles. The average molecular weight is 338 g/mol. The van der Waals surface area contributed by atoms with E-state index in [2.05, 4.69) is 53.6 Å².